The van der Waals surface area contributed by atoms with Crippen molar-refractivity contribution in [3.05, 3.63) is 30.2 Å². The summed E-state index contributed by atoms with van der Waals surface area (Å²) in [5, 5.41) is 11.1. The molecule has 4 heteroatoms. The second kappa shape index (κ2) is 5.43. The lowest BCUT2D eigenvalue weighted by molar-refractivity contribution is 0.390. The van der Waals surface area contributed by atoms with Crippen LogP contribution in [0.1, 0.15) is 32.8 Å². The summed E-state index contributed by atoms with van der Waals surface area (Å²) < 4.78 is 5.20. The molecule has 0 saturated carbocycles. The molecular weight excluding hydrogens is 238 g/mol. The van der Waals surface area contributed by atoms with Crippen LogP contribution in [0.25, 0.3) is 11.5 Å². The van der Waals surface area contributed by atoms with Crippen molar-refractivity contribution in [3.8, 4) is 11.5 Å². The Hall–Kier alpha value is -1.84. The third-order valence-electron chi connectivity index (χ3n) is 3.02. The standard InChI is InChI=1S/C15H21N3O/c1-11-9-12(14-18-17-10-19-14)5-6-13(11)16-8-7-15(2,3)4/h5-6,9-10,16H,7-8H2,1-4H3. The molecule has 1 heterocycles. The van der Waals surface area contributed by atoms with Crippen LogP contribution in [-0.4, -0.2) is 16.7 Å². The first-order valence-corrected chi connectivity index (χ1v) is 6.57. The first-order chi connectivity index (χ1) is 8.96. The van der Waals surface area contributed by atoms with Gasteiger partial charge in [-0.25, -0.2) is 0 Å². The number of nitrogens with one attached hydrogen (secondary N) is 1. The zero-order chi connectivity index (χ0) is 13.9. The van der Waals surface area contributed by atoms with Crippen molar-refractivity contribution in [2.75, 3.05) is 11.9 Å². The minimum Gasteiger partial charge on any atom is -0.423 e. The second-order valence-corrected chi connectivity index (χ2v) is 6.01. The fourth-order valence-electron chi connectivity index (χ4n) is 1.87. The van der Waals surface area contributed by atoms with E-state index in [0.717, 1.165) is 24.2 Å². The van der Waals surface area contributed by atoms with Crippen LogP contribution in [0, 0.1) is 12.3 Å². The van der Waals surface area contributed by atoms with E-state index in [9.17, 15) is 0 Å². The summed E-state index contributed by atoms with van der Waals surface area (Å²) in [4.78, 5) is 0. The fraction of sp³-hybridized carbons (Fsp3) is 0.467. The maximum absolute atomic E-state index is 5.20. The highest BCUT2D eigenvalue weighted by Gasteiger charge is 2.10. The highest BCUT2D eigenvalue weighted by molar-refractivity contribution is 5.62. The van der Waals surface area contributed by atoms with E-state index in [1.807, 2.05) is 6.07 Å². The molecule has 0 saturated heterocycles. The van der Waals surface area contributed by atoms with Gasteiger partial charge >= 0.3 is 0 Å². The second-order valence-electron chi connectivity index (χ2n) is 6.01. The molecule has 0 aliphatic carbocycles. The van der Waals surface area contributed by atoms with Crippen molar-refractivity contribution < 1.29 is 4.42 Å². The van der Waals surface area contributed by atoms with Crippen LogP contribution < -0.4 is 5.32 Å². The lowest BCUT2D eigenvalue weighted by Crippen LogP contribution is -2.13. The van der Waals surface area contributed by atoms with Gasteiger partial charge in [0, 0.05) is 17.8 Å². The van der Waals surface area contributed by atoms with Crippen LogP contribution in [-0.2, 0) is 0 Å². The van der Waals surface area contributed by atoms with Gasteiger partial charge in [0.2, 0.25) is 12.3 Å². The molecule has 0 unspecified atom stereocenters. The molecule has 0 radical (unpaired) electrons. The molecule has 0 bridgehead atoms. The van der Waals surface area contributed by atoms with Crippen LogP contribution in [0.5, 0.6) is 0 Å². The number of hydrogen-bond acceptors (Lipinski definition) is 4. The van der Waals surface area contributed by atoms with Gasteiger partial charge in [0.1, 0.15) is 0 Å². The van der Waals surface area contributed by atoms with Gasteiger partial charge in [-0.3, -0.25) is 0 Å². The lowest BCUT2D eigenvalue weighted by atomic mass is 9.92. The van der Waals surface area contributed by atoms with Crippen molar-refractivity contribution in [2.24, 2.45) is 5.41 Å². The Morgan fingerprint density at radius 3 is 2.63 bits per heavy atom. The van der Waals surface area contributed by atoms with Crippen LogP contribution in [0.4, 0.5) is 5.69 Å². The number of benzene rings is 1. The summed E-state index contributed by atoms with van der Waals surface area (Å²) in [6.07, 6.45) is 2.48. The summed E-state index contributed by atoms with van der Waals surface area (Å²) in [6, 6.07) is 6.13. The van der Waals surface area contributed by atoms with Crippen molar-refractivity contribution in [1.82, 2.24) is 10.2 Å². The summed E-state index contributed by atoms with van der Waals surface area (Å²) in [5.74, 6) is 0.560. The van der Waals surface area contributed by atoms with Gasteiger partial charge in [0.25, 0.3) is 0 Å². The van der Waals surface area contributed by atoms with Crippen LogP contribution >= 0.6 is 0 Å². The third-order valence-corrected chi connectivity index (χ3v) is 3.02. The van der Waals surface area contributed by atoms with E-state index >= 15 is 0 Å². The highest BCUT2D eigenvalue weighted by atomic mass is 16.4. The van der Waals surface area contributed by atoms with Crippen molar-refractivity contribution in [1.29, 1.82) is 0 Å². The number of anilines is 1. The zero-order valence-corrected chi connectivity index (χ0v) is 12.0. The first kappa shape index (κ1) is 13.6. The number of nitrogens with zero attached hydrogens (tertiary/aromatic N) is 2. The SMILES string of the molecule is Cc1cc(-c2nnco2)ccc1NCCC(C)(C)C. The average Bonchev–Trinajstić information content (AvgIpc) is 2.83. The summed E-state index contributed by atoms with van der Waals surface area (Å²) in [7, 11) is 0. The molecule has 0 amide bonds. The number of aryl methyl sites for hydroxylation is 1. The zero-order valence-electron chi connectivity index (χ0n) is 12.0. The smallest absolute Gasteiger partial charge is 0.247 e. The normalized spacial score (nSPS) is 11.6. The Labute approximate surface area is 114 Å². The maximum Gasteiger partial charge on any atom is 0.247 e. The Kier molecular flexibility index (Phi) is 3.88. The van der Waals surface area contributed by atoms with Gasteiger partial charge in [0.15, 0.2) is 0 Å². The molecule has 0 fully saturated rings. The van der Waals surface area contributed by atoms with Crippen LogP contribution in [0.2, 0.25) is 0 Å². The molecule has 0 aliphatic rings. The van der Waals surface area contributed by atoms with Gasteiger partial charge in [-0.15, -0.1) is 10.2 Å². The van der Waals surface area contributed by atoms with Crippen LogP contribution in [0.3, 0.4) is 0 Å². The van der Waals surface area contributed by atoms with Gasteiger partial charge in [-0.1, -0.05) is 20.8 Å². The molecule has 2 rings (SSSR count). The quantitative estimate of drug-likeness (QED) is 0.905. The van der Waals surface area contributed by atoms with E-state index in [1.54, 1.807) is 0 Å². The monoisotopic (exact) mass is 259 g/mol. The predicted octanol–water partition coefficient (Wildman–Crippen LogP) is 3.89. The van der Waals surface area contributed by atoms with E-state index in [-0.39, 0.29) is 0 Å². The average molecular weight is 259 g/mol. The molecule has 4 nitrogen and oxygen atoms in total. The Balaban J connectivity index is 2.04. The van der Waals surface area contributed by atoms with Gasteiger partial charge < -0.3 is 9.73 Å². The number of hydrogen-bond donors (Lipinski definition) is 1. The van der Waals surface area contributed by atoms with Gasteiger partial charge in [0.05, 0.1) is 0 Å². The minimum atomic E-state index is 0.352. The van der Waals surface area contributed by atoms with E-state index in [0.29, 0.717) is 11.3 Å². The van der Waals surface area contributed by atoms with Crippen molar-refractivity contribution in [3.63, 3.8) is 0 Å². The van der Waals surface area contributed by atoms with E-state index in [2.05, 4.69) is 55.3 Å². The van der Waals surface area contributed by atoms with Gasteiger partial charge in [-0.2, -0.15) is 0 Å². The van der Waals surface area contributed by atoms with Crippen molar-refractivity contribution >= 4 is 5.69 Å². The summed E-state index contributed by atoms with van der Waals surface area (Å²) >= 11 is 0. The predicted molar refractivity (Wildman–Crippen MR) is 77.0 cm³/mol. The van der Waals surface area contributed by atoms with E-state index in [4.69, 9.17) is 4.42 Å². The van der Waals surface area contributed by atoms with Crippen LogP contribution in [0.15, 0.2) is 29.0 Å². The largest absolute Gasteiger partial charge is 0.423 e. The molecule has 0 atom stereocenters. The Bertz CT molecular complexity index is 527. The minimum absolute atomic E-state index is 0.352. The van der Waals surface area contributed by atoms with E-state index < -0.39 is 0 Å². The summed E-state index contributed by atoms with van der Waals surface area (Å²) in [5.41, 5.74) is 3.65. The number of rotatable bonds is 4. The van der Waals surface area contributed by atoms with Gasteiger partial charge in [-0.05, 0) is 42.5 Å². The molecular formula is C15H21N3O. The first-order valence-electron chi connectivity index (χ1n) is 6.57. The highest BCUT2D eigenvalue weighted by Crippen LogP contribution is 2.24. The molecule has 2 aromatic rings. The van der Waals surface area contributed by atoms with Crippen molar-refractivity contribution in [2.45, 2.75) is 34.1 Å². The Morgan fingerprint density at radius 1 is 1.26 bits per heavy atom. The molecule has 19 heavy (non-hydrogen) atoms. The molecule has 0 spiro atoms. The lowest BCUT2D eigenvalue weighted by Gasteiger charge is -2.19. The van der Waals surface area contributed by atoms with E-state index in [1.165, 1.54) is 12.0 Å². The molecule has 1 N–H and O–H groups in total. The third kappa shape index (κ3) is 3.81. The molecule has 0 aliphatic heterocycles. The topological polar surface area (TPSA) is 51.0 Å². The number of aromatic nitrogens is 2. The Morgan fingerprint density at radius 2 is 2.05 bits per heavy atom. The summed E-state index contributed by atoms with van der Waals surface area (Å²) in [6.45, 7) is 9.81. The molecule has 1 aromatic carbocycles. The molecule has 1 aromatic heterocycles. The maximum atomic E-state index is 5.20. The fourth-order valence-corrected chi connectivity index (χ4v) is 1.87. The molecule has 102 valence electrons.